The first-order valence-corrected chi connectivity index (χ1v) is 11.1. The van der Waals surface area contributed by atoms with E-state index in [2.05, 4.69) is 67.4 Å². The van der Waals surface area contributed by atoms with Crippen LogP contribution in [0.25, 0.3) is 6.08 Å². The van der Waals surface area contributed by atoms with Crippen LogP contribution in [-0.4, -0.2) is 31.8 Å². The first-order valence-electron chi connectivity index (χ1n) is 11.1. The molecule has 1 atom stereocenters. The number of para-hydroxylation sites is 1. The van der Waals surface area contributed by atoms with E-state index in [0.717, 1.165) is 24.2 Å². The highest BCUT2D eigenvalue weighted by Gasteiger charge is 2.57. The third kappa shape index (κ3) is 3.56. The lowest BCUT2D eigenvalue weighted by Gasteiger charge is -2.49. The molecule has 31 heavy (non-hydrogen) atoms. The number of hydrogen-bond acceptors (Lipinski definition) is 4. The first-order chi connectivity index (χ1) is 14.9. The minimum atomic E-state index is -0.616. The van der Waals surface area contributed by atoms with E-state index in [-0.39, 0.29) is 11.3 Å². The highest BCUT2D eigenvalue weighted by molar-refractivity contribution is 5.84. The van der Waals surface area contributed by atoms with Crippen molar-refractivity contribution in [2.45, 2.75) is 51.1 Å². The molecule has 1 fully saturated rings. The van der Waals surface area contributed by atoms with Crippen molar-refractivity contribution < 1.29 is 14.3 Å². The topological polar surface area (TPSA) is 50.8 Å². The van der Waals surface area contributed by atoms with Crippen molar-refractivity contribution in [3.8, 4) is 11.5 Å². The van der Waals surface area contributed by atoms with E-state index in [0.29, 0.717) is 25.3 Å². The summed E-state index contributed by atoms with van der Waals surface area (Å²) in [6.45, 7) is 7.92. The summed E-state index contributed by atoms with van der Waals surface area (Å²) < 4.78 is 11.4. The first kappa shape index (κ1) is 21.3. The Labute approximate surface area is 185 Å². The Balaban J connectivity index is 1.69. The van der Waals surface area contributed by atoms with Gasteiger partial charge in [-0.3, -0.25) is 4.79 Å². The molecule has 2 aliphatic heterocycles. The van der Waals surface area contributed by atoms with Crippen LogP contribution in [0.3, 0.4) is 0 Å². The van der Waals surface area contributed by atoms with Gasteiger partial charge in [0.15, 0.2) is 11.5 Å². The number of hydrogen-bond donors (Lipinski definition) is 1. The smallest absolute Gasteiger partial charge is 0.223 e. The molecule has 0 bridgehead atoms. The Kier molecular flexibility index (Phi) is 5.69. The van der Waals surface area contributed by atoms with E-state index in [9.17, 15) is 4.79 Å². The number of carbonyl (C=O) groups is 1. The number of amides is 1. The van der Waals surface area contributed by atoms with Crippen molar-refractivity contribution in [3.63, 3.8) is 0 Å². The number of fused-ring (bicyclic) bond motifs is 3. The molecule has 0 saturated carbocycles. The molecule has 164 valence electrons. The van der Waals surface area contributed by atoms with Crippen LogP contribution >= 0.6 is 0 Å². The van der Waals surface area contributed by atoms with E-state index in [1.54, 1.807) is 7.11 Å². The van der Waals surface area contributed by atoms with Gasteiger partial charge in [-0.2, -0.15) is 0 Å². The summed E-state index contributed by atoms with van der Waals surface area (Å²) in [4.78, 5) is 14.9. The number of anilines is 1. The molecule has 1 unspecified atom stereocenters. The third-order valence-electron chi connectivity index (χ3n) is 6.60. The van der Waals surface area contributed by atoms with Crippen LogP contribution in [0.2, 0.25) is 0 Å². The van der Waals surface area contributed by atoms with Crippen LogP contribution in [0, 0.1) is 0 Å². The van der Waals surface area contributed by atoms with Crippen molar-refractivity contribution in [1.82, 2.24) is 5.32 Å². The zero-order valence-electron chi connectivity index (χ0n) is 18.9. The summed E-state index contributed by atoms with van der Waals surface area (Å²) in [7, 11) is 1.66. The maximum atomic E-state index is 12.5. The summed E-state index contributed by atoms with van der Waals surface area (Å²) in [5.74, 6) is 1.56. The highest BCUT2D eigenvalue weighted by Crippen LogP contribution is 2.52. The fourth-order valence-corrected chi connectivity index (χ4v) is 4.77. The number of unbranched alkanes of at least 4 members (excludes halogenated alkanes) is 1. The van der Waals surface area contributed by atoms with Crippen molar-refractivity contribution in [2.75, 3.05) is 25.2 Å². The lowest BCUT2D eigenvalue weighted by Crippen LogP contribution is -2.68. The van der Waals surface area contributed by atoms with Crippen LogP contribution < -0.4 is 19.7 Å². The molecule has 4 rings (SSSR count). The van der Waals surface area contributed by atoms with Crippen LogP contribution in [0.1, 0.15) is 51.2 Å². The van der Waals surface area contributed by atoms with Crippen LogP contribution in [0.4, 0.5) is 5.69 Å². The molecule has 5 nitrogen and oxygen atoms in total. The number of nitrogens with one attached hydrogen (secondary N) is 1. The van der Waals surface area contributed by atoms with Crippen molar-refractivity contribution in [1.29, 1.82) is 0 Å². The Morgan fingerprint density at radius 1 is 1.16 bits per heavy atom. The molecule has 0 spiro atoms. The molecule has 2 heterocycles. The quantitative estimate of drug-likeness (QED) is 0.647. The number of ether oxygens (including phenoxy) is 2. The lowest BCUT2D eigenvalue weighted by molar-refractivity contribution is -0.124. The Morgan fingerprint density at radius 2 is 1.97 bits per heavy atom. The highest BCUT2D eigenvalue weighted by atomic mass is 16.5. The lowest BCUT2D eigenvalue weighted by atomic mass is 9.74. The van der Waals surface area contributed by atoms with E-state index in [1.807, 2.05) is 18.2 Å². The number of benzene rings is 2. The van der Waals surface area contributed by atoms with Gasteiger partial charge in [0.05, 0.1) is 13.7 Å². The third-order valence-corrected chi connectivity index (χ3v) is 6.60. The minimum absolute atomic E-state index is 0.0824. The maximum absolute atomic E-state index is 12.5. The van der Waals surface area contributed by atoms with E-state index in [4.69, 9.17) is 9.47 Å². The van der Waals surface area contributed by atoms with Crippen molar-refractivity contribution in [3.05, 3.63) is 59.7 Å². The SMILES string of the molecule is CCCCOc1ccc(/C=C/C23NC(=O)CCN2c2ccccc2C3(C)C)cc1OC. The summed E-state index contributed by atoms with van der Waals surface area (Å²) in [5.41, 5.74) is 2.54. The van der Waals surface area contributed by atoms with Gasteiger partial charge in [-0.05, 0) is 41.8 Å². The van der Waals surface area contributed by atoms with Crippen LogP contribution in [0.5, 0.6) is 11.5 Å². The van der Waals surface area contributed by atoms with Gasteiger partial charge in [-0.25, -0.2) is 0 Å². The van der Waals surface area contributed by atoms with Gasteiger partial charge in [0.25, 0.3) is 0 Å². The predicted molar refractivity (Wildman–Crippen MR) is 125 cm³/mol. The summed E-state index contributed by atoms with van der Waals surface area (Å²) in [5, 5.41) is 3.32. The molecular weight excluding hydrogens is 388 g/mol. The average molecular weight is 421 g/mol. The van der Waals surface area contributed by atoms with Gasteiger partial charge >= 0.3 is 0 Å². The summed E-state index contributed by atoms with van der Waals surface area (Å²) in [6, 6.07) is 14.4. The summed E-state index contributed by atoms with van der Waals surface area (Å²) >= 11 is 0. The second-order valence-electron chi connectivity index (χ2n) is 8.80. The molecule has 1 N–H and O–H groups in total. The normalized spacial score (nSPS) is 21.5. The number of carbonyl (C=O) groups excluding carboxylic acids is 1. The molecule has 2 aromatic carbocycles. The summed E-state index contributed by atoms with van der Waals surface area (Å²) in [6.07, 6.45) is 6.81. The maximum Gasteiger partial charge on any atom is 0.223 e. The molecular formula is C26H32N2O3. The molecule has 2 aliphatic rings. The fourth-order valence-electron chi connectivity index (χ4n) is 4.77. The van der Waals surface area contributed by atoms with Gasteiger partial charge in [0.1, 0.15) is 5.66 Å². The Morgan fingerprint density at radius 3 is 2.74 bits per heavy atom. The Hall–Kier alpha value is -2.95. The molecule has 0 radical (unpaired) electrons. The second-order valence-corrected chi connectivity index (χ2v) is 8.80. The van der Waals surface area contributed by atoms with E-state index >= 15 is 0 Å². The molecule has 1 amide bonds. The zero-order chi connectivity index (χ0) is 22.1. The zero-order valence-corrected chi connectivity index (χ0v) is 18.9. The van der Waals surface area contributed by atoms with Gasteiger partial charge in [-0.15, -0.1) is 0 Å². The van der Waals surface area contributed by atoms with Gasteiger partial charge in [0.2, 0.25) is 5.91 Å². The van der Waals surface area contributed by atoms with Crippen molar-refractivity contribution >= 4 is 17.7 Å². The Bertz CT molecular complexity index is 998. The van der Waals surface area contributed by atoms with E-state index < -0.39 is 5.66 Å². The van der Waals surface area contributed by atoms with Crippen molar-refractivity contribution in [2.24, 2.45) is 0 Å². The standard InChI is InChI=1S/C26H32N2O3/c1-5-6-17-31-22-12-11-19(18-23(22)30-4)13-15-26-25(2,3)20-9-7-8-10-21(20)28(26)16-14-24(29)27-26/h7-13,15,18H,5-6,14,16-17H2,1-4H3,(H,27,29)/b15-13+. The van der Waals surface area contributed by atoms with Crippen LogP contribution in [0.15, 0.2) is 48.5 Å². The number of methoxy groups -OCH3 is 1. The molecule has 0 aliphatic carbocycles. The molecule has 0 aromatic heterocycles. The van der Waals surface area contributed by atoms with Gasteiger partial charge in [0, 0.05) is 24.1 Å². The second kappa shape index (κ2) is 8.29. The van der Waals surface area contributed by atoms with Gasteiger partial charge in [-0.1, -0.05) is 57.5 Å². The molecule has 5 heteroatoms. The number of rotatable bonds is 7. The predicted octanol–water partition coefficient (Wildman–Crippen LogP) is 4.90. The van der Waals surface area contributed by atoms with E-state index in [1.165, 1.54) is 11.3 Å². The van der Waals surface area contributed by atoms with Gasteiger partial charge < -0.3 is 19.7 Å². The van der Waals surface area contributed by atoms with Crippen LogP contribution in [-0.2, 0) is 10.2 Å². The monoisotopic (exact) mass is 420 g/mol. The number of nitrogens with zero attached hydrogens (tertiary/aromatic N) is 1. The minimum Gasteiger partial charge on any atom is -0.493 e. The molecule has 2 aromatic rings. The average Bonchev–Trinajstić information content (AvgIpc) is 2.97. The largest absolute Gasteiger partial charge is 0.493 e. The molecule has 1 saturated heterocycles. The fraction of sp³-hybridized carbons (Fsp3) is 0.423.